The minimum absolute atomic E-state index is 0.145. The van der Waals surface area contributed by atoms with E-state index in [1.807, 2.05) is 30.3 Å². The Morgan fingerprint density at radius 3 is 2.67 bits per heavy atom. The van der Waals surface area contributed by atoms with Crippen LogP contribution in [0.1, 0.15) is 52.6 Å². The largest absolute Gasteiger partial charge is 0.481 e. The van der Waals surface area contributed by atoms with Gasteiger partial charge >= 0.3 is 5.97 Å². The van der Waals surface area contributed by atoms with Crippen molar-refractivity contribution >= 4 is 22.5 Å². The number of benzene rings is 1. The van der Waals surface area contributed by atoms with Gasteiger partial charge in [-0.05, 0) is 68.8 Å². The fourth-order valence-electron chi connectivity index (χ4n) is 6.07. The Morgan fingerprint density at radius 1 is 1.05 bits per heavy atom. The summed E-state index contributed by atoms with van der Waals surface area (Å²) in [7, 11) is 1.63. The van der Waals surface area contributed by atoms with E-state index in [-0.39, 0.29) is 11.7 Å². The maximum Gasteiger partial charge on any atom is 0.335 e. The van der Waals surface area contributed by atoms with Crippen molar-refractivity contribution in [2.45, 2.75) is 51.0 Å². The first kappa shape index (κ1) is 27.4. The summed E-state index contributed by atoms with van der Waals surface area (Å²) >= 11 is 0. The van der Waals surface area contributed by atoms with E-state index < -0.39 is 5.97 Å². The molecule has 1 aromatic carbocycles. The van der Waals surface area contributed by atoms with Crippen LogP contribution in [0.15, 0.2) is 60.8 Å². The van der Waals surface area contributed by atoms with Crippen molar-refractivity contribution in [3.63, 3.8) is 0 Å². The number of hydrogen-bond donors (Lipinski definition) is 1. The van der Waals surface area contributed by atoms with Crippen molar-refractivity contribution in [3.05, 3.63) is 83.4 Å². The summed E-state index contributed by atoms with van der Waals surface area (Å²) in [4.78, 5) is 23.8. The topological polar surface area (TPSA) is 116 Å². The van der Waals surface area contributed by atoms with Gasteiger partial charge in [0.2, 0.25) is 11.8 Å². The average molecular weight is 583 g/mol. The van der Waals surface area contributed by atoms with Gasteiger partial charge in [-0.15, -0.1) is 0 Å². The minimum Gasteiger partial charge on any atom is -0.481 e. The highest BCUT2D eigenvalue weighted by Crippen LogP contribution is 2.30. The predicted molar refractivity (Wildman–Crippen MR) is 159 cm³/mol. The van der Waals surface area contributed by atoms with Crippen LogP contribution in [-0.4, -0.2) is 73.0 Å². The average Bonchev–Trinajstić information content (AvgIpc) is 3.63. The number of ether oxygens (including phenoxy) is 3. The van der Waals surface area contributed by atoms with Crippen molar-refractivity contribution in [1.82, 2.24) is 29.0 Å². The number of hydrogen-bond acceptors (Lipinski definition) is 8. The molecule has 0 aliphatic carbocycles. The third-order valence-corrected chi connectivity index (χ3v) is 8.56. The highest BCUT2D eigenvalue weighted by atomic mass is 16.5. The maximum atomic E-state index is 11.6. The van der Waals surface area contributed by atoms with Crippen LogP contribution in [0.25, 0.3) is 16.6 Å². The van der Waals surface area contributed by atoms with Gasteiger partial charge in [0.1, 0.15) is 12.4 Å². The zero-order valence-electron chi connectivity index (χ0n) is 24.1. The molecule has 11 nitrogen and oxygen atoms in total. The van der Waals surface area contributed by atoms with Crippen LogP contribution in [-0.2, 0) is 24.4 Å². The van der Waals surface area contributed by atoms with E-state index >= 15 is 0 Å². The van der Waals surface area contributed by atoms with Crippen molar-refractivity contribution in [1.29, 1.82) is 0 Å². The number of piperidine rings is 1. The number of likely N-dealkylation sites (tertiary alicyclic amines) is 1. The number of aromatic carboxylic acids is 1. The number of nitrogens with zero attached hydrogens (tertiary/aromatic N) is 6. The Labute approximate surface area is 248 Å². The van der Waals surface area contributed by atoms with Crippen molar-refractivity contribution < 1.29 is 24.1 Å². The lowest BCUT2D eigenvalue weighted by Gasteiger charge is -2.32. The normalized spacial score (nSPS) is 17.7. The summed E-state index contributed by atoms with van der Waals surface area (Å²) < 4.78 is 21.1. The van der Waals surface area contributed by atoms with E-state index in [0.717, 1.165) is 72.6 Å². The lowest BCUT2D eigenvalue weighted by molar-refractivity contribution is -0.0592. The van der Waals surface area contributed by atoms with Crippen molar-refractivity contribution in [3.8, 4) is 11.8 Å². The van der Waals surface area contributed by atoms with E-state index in [2.05, 4.69) is 20.6 Å². The van der Waals surface area contributed by atoms with Crippen LogP contribution >= 0.6 is 0 Å². The molecule has 2 fully saturated rings. The molecule has 2 aliphatic heterocycles. The maximum absolute atomic E-state index is 11.6. The van der Waals surface area contributed by atoms with Crippen LogP contribution in [0.3, 0.4) is 0 Å². The minimum atomic E-state index is -0.933. The smallest absolute Gasteiger partial charge is 0.335 e. The molecule has 5 aromatic rings. The number of methoxy groups -OCH3 is 1. The zero-order valence-corrected chi connectivity index (χ0v) is 24.1. The molecule has 11 heteroatoms. The fourth-order valence-corrected chi connectivity index (χ4v) is 6.07. The highest BCUT2D eigenvalue weighted by molar-refractivity contribution is 5.92. The second-order valence-electron chi connectivity index (χ2n) is 11.2. The van der Waals surface area contributed by atoms with E-state index in [4.69, 9.17) is 24.2 Å². The van der Waals surface area contributed by atoms with Gasteiger partial charge in [0.25, 0.3) is 0 Å². The second-order valence-corrected chi connectivity index (χ2v) is 11.2. The summed E-state index contributed by atoms with van der Waals surface area (Å²) in [6, 6.07) is 17.0. The summed E-state index contributed by atoms with van der Waals surface area (Å²) in [5.41, 5.74) is 4.95. The Bertz CT molecular complexity index is 1770. The molecule has 2 saturated heterocycles. The monoisotopic (exact) mass is 582 g/mol. The van der Waals surface area contributed by atoms with Crippen molar-refractivity contribution in [2.24, 2.45) is 0 Å². The quantitative estimate of drug-likeness (QED) is 0.253. The van der Waals surface area contributed by atoms with Gasteiger partial charge in [-0.25, -0.2) is 19.3 Å². The molecule has 6 heterocycles. The van der Waals surface area contributed by atoms with Crippen LogP contribution in [0.4, 0.5) is 0 Å². The molecule has 43 heavy (non-hydrogen) atoms. The number of fused-ring (bicyclic) bond motifs is 2. The van der Waals surface area contributed by atoms with E-state index in [1.54, 1.807) is 36.0 Å². The molecule has 1 atom stereocenters. The number of pyridine rings is 2. The molecule has 4 aromatic heterocycles. The number of carboxylic acid groups (broad SMARTS) is 1. The number of rotatable bonds is 10. The molecule has 1 N–H and O–H groups in total. The van der Waals surface area contributed by atoms with Gasteiger partial charge in [-0.1, -0.05) is 6.07 Å². The lowest BCUT2D eigenvalue weighted by atomic mass is 9.93. The number of carboxylic acids is 1. The standard InChI is InChI=1S/C32H34N6O5/c1-41-31-8-6-23(27-9-13-33-38(27)31)20-43-30-4-2-3-25(35-30)21-10-14-36(15-11-21)19-29-34-26-7-5-22(32(39)40)17-28(26)37(29)18-24-12-16-42-24/h2-9,13,17,21,24H,10-12,14-16,18-20H2,1H3,(H,39,40). The third-order valence-electron chi connectivity index (χ3n) is 8.56. The SMILES string of the molecule is COc1ccc(COc2cccc(C3CCN(Cc4nc5ccc(C(=O)O)cc5n4CC4CCO4)CC3)n2)c2ccnn12. The fraction of sp³-hybridized carbons (Fsp3) is 0.375. The van der Waals surface area contributed by atoms with Crippen molar-refractivity contribution in [2.75, 3.05) is 26.8 Å². The van der Waals surface area contributed by atoms with Gasteiger partial charge in [0.15, 0.2) is 0 Å². The highest BCUT2D eigenvalue weighted by Gasteiger charge is 2.26. The Morgan fingerprint density at radius 2 is 1.91 bits per heavy atom. The molecule has 0 bridgehead atoms. The predicted octanol–water partition coefficient (Wildman–Crippen LogP) is 4.53. The molecule has 0 spiro atoms. The van der Waals surface area contributed by atoms with Crippen LogP contribution < -0.4 is 9.47 Å². The molecule has 2 aliphatic rings. The first-order valence-electron chi connectivity index (χ1n) is 14.7. The van der Waals surface area contributed by atoms with Crippen LogP contribution in [0.5, 0.6) is 11.8 Å². The van der Waals surface area contributed by atoms with Gasteiger partial charge in [0, 0.05) is 35.9 Å². The molecule has 0 saturated carbocycles. The lowest BCUT2D eigenvalue weighted by Crippen LogP contribution is -2.35. The third kappa shape index (κ3) is 5.53. The summed E-state index contributed by atoms with van der Waals surface area (Å²) in [5.74, 6) is 1.65. The molecule has 0 radical (unpaired) electrons. The molecule has 7 rings (SSSR count). The van der Waals surface area contributed by atoms with E-state index in [9.17, 15) is 9.90 Å². The summed E-state index contributed by atoms with van der Waals surface area (Å²) in [5, 5.41) is 13.9. The first-order chi connectivity index (χ1) is 21.1. The molecular formula is C32H34N6O5. The van der Waals surface area contributed by atoms with Gasteiger partial charge in [-0.3, -0.25) is 4.90 Å². The van der Waals surface area contributed by atoms with Gasteiger partial charge < -0.3 is 23.9 Å². The zero-order chi connectivity index (χ0) is 29.3. The van der Waals surface area contributed by atoms with Gasteiger partial charge in [0.05, 0.1) is 54.6 Å². The van der Waals surface area contributed by atoms with Crippen LogP contribution in [0.2, 0.25) is 0 Å². The van der Waals surface area contributed by atoms with Gasteiger partial charge in [-0.2, -0.15) is 5.10 Å². The molecular weight excluding hydrogens is 548 g/mol. The number of imidazole rings is 1. The number of aromatic nitrogens is 5. The second kappa shape index (κ2) is 11.7. The molecule has 222 valence electrons. The van der Waals surface area contributed by atoms with E-state index in [0.29, 0.717) is 37.4 Å². The molecule has 1 unspecified atom stereocenters. The number of carbonyl (C=O) groups is 1. The Balaban J connectivity index is 1.01. The Hall–Kier alpha value is -4.48. The first-order valence-corrected chi connectivity index (χ1v) is 14.7. The molecule has 0 amide bonds. The van der Waals surface area contributed by atoms with Crippen LogP contribution in [0, 0.1) is 0 Å². The summed E-state index contributed by atoms with van der Waals surface area (Å²) in [6.45, 7) is 4.40. The van der Waals surface area contributed by atoms with E-state index in [1.165, 1.54) is 0 Å². The Kier molecular flexibility index (Phi) is 7.42. The summed E-state index contributed by atoms with van der Waals surface area (Å²) in [6.07, 6.45) is 4.88.